The third-order valence-electron chi connectivity index (χ3n) is 4.19. The number of aryl methyl sites for hydroxylation is 1. The van der Waals surface area contributed by atoms with E-state index in [9.17, 15) is 4.79 Å². The van der Waals surface area contributed by atoms with Crippen LogP contribution in [0.2, 0.25) is 5.02 Å². The lowest BCUT2D eigenvalue weighted by atomic mass is 10.1. The van der Waals surface area contributed by atoms with E-state index < -0.39 is 0 Å². The minimum atomic E-state index is 0.0414. The van der Waals surface area contributed by atoms with Crippen LogP contribution in [0.4, 0.5) is 5.82 Å². The number of amides is 1. The number of benzene rings is 1. The zero-order valence-electron chi connectivity index (χ0n) is 14.1. The number of morpholine rings is 1. The van der Waals surface area contributed by atoms with Crippen molar-refractivity contribution in [2.75, 3.05) is 31.2 Å². The molecule has 25 heavy (non-hydrogen) atoms. The third kappa shape index (κ3) is 5.44. The Kier molecular flexibility index (Phi) is 6.25. The molecule has 0 spiro atoms. The van der Waals surface area contributed by atoms with Gasteiger partial charge in [-0.2, -0.15) is 0 Å². The number of carbonyl (C=O) groups excluding carboxylic acids is 1. The van der Waals surface area contributed by atoms with Gasteiger partial charge in [0.05, 0.1) is 13.2 Å². The molecule has 0 saturated carbocycles. The maximum absolute atomic E-state index is 12.1. The van der Waals surface area contributed by atoms with Gasteiger partial charge >= 0.3 is 0 Å². The largest absolute Gasteiger partial charge is 0.378 e. The van der Waals surface area contributed by atoms with E-state index in [4.69, 9.17) is 16.3 Å². The topological polar surface area (TPSA) is 54.5 Å². The number of halogens is 1. The Hall–Kier alpha value is -2.11. The predicted octanol–water partition coefficient (Wildman–Crippen LogP) is 2.82. The third-order valence-corrected chi connectivity index (χ3v) is 4.44. The molecule has 1 fully saturated rings. The number of rotatable bonds is 6. The van der Waals surface area contributed by atoms with Gasteiger partial charge in [-0.25, -0.2) is 4.98 Å². The van der Waals surface area contributed by atoms with Crippen molar-refractivity contribution >= 4 is 23.3 Å². The first-order chi connectivity index (χ1) is 12.2. The minimum absolute atomic E-state index is 0.0414. The highest BCUT2D eigenvalue weighted by atomic mass is 35.5. The zero-order valence-corrected chi connectivity index (χ0v) is 14.8. The Morgan fingerprint density at radius 2 is 1.92 bits per heavy atom. The molecule has 3 rings (SSSR count). The van der Waals surface area contributed by atoms with Crippen LogP contribution in [0.1, 0.15) is 17.5 Å². The van der Waals surface area contributed by atoms with E-state index in [2.05, 4.69) is 15.2 Å². The molecule has 6 heteroatoms. The van der Waals surface area contributed by atoms with Crippen molar-refractivity contribution in [3.8, 4) is 0 Å². The number of carbonyl (C=O) groups is 1. The molecule has 1 amide bonds. The van der Waals surface area contributed by atoms with Crippen molar-refractivity contribution in [2.24, 2.45) is 0 Å². The fraction of sp³-hybridized carbons (Fsp3) is 0.368. The zero-order chi connectivity index (χ0) is 17.5. The van der Waals surface area contributed by atoms with Crippen molar-refractivity contribution in [3.05, 3.63) is 58.7 Å². The van der Waals surface area contributed by atoms with E-state index in [0.29, 0.717) is 24.4 Å². The van der Waals surface area contributed by atoms with Crippen LogP contribution in [0.5, 0.6) is 0 Å². The van der Waals surface area contributed by atoms with E-state index in [-0.39, 0.29) is 5.91 Å². The van der Waals surface area contributed by atoms with Crippen LogP contribution in [0, 0.1) is 0 Å². The number of nitrogens with zero attached hydrogens (tertiary/aromatic N) is 2. The van der Waals surface area contributed by atoms with Gasteiger partial charge in [0.2, 0.25) is 5.91 Å². The summed E-state index contributed by atoms with van der Waals surface area (Å²) in [6, 6.07) is 11.6. The van der Waals surface area contributed by atoms with Crippen molar-refractivity contribution in [1.82, 2.24) is 10.3 Å². The number of pyridine rings is 1. The molecule has 0 radical (unpaired) electrons. The summed E-state index contributed by atoms with van der Waals surface area (Å²) in [4.78, 5) is 18.7. The first kappa shape index (κ1) is 17.7. The summed E-state index contributed by atoms with van der Waals surface area (Å²) in [7, 11) is 0. The van der Waals surface area contributed by atoms with E-state index >= 15 is 0 Å². The summed E-state index contributed by atoms with van der Waals surface area (Å²) < 4.78 is 5.37. The average Bonchev–Trinajstić information content (AvgIpc) is 2.67. The number of hydrogen-bond acceptors (Lipinski definition) is 4. The maximum Gasteiger partial charge on any atom is 0.220 e. The molecule has 1 N–H and O–H groups in total. The number of ether oxygens (including phenoxy) is 1. The first-order valence-electron chi connectivity index (χ1n) is 8.49. The average molecular weight is 360 g/mol. The van der Waals surface area contributed by atoms with Crippen molar-refractivity contribution in [1.29, 1.82) is 0 Å². The van der Waals surface area contributed by atoms with Crippen molar-refractivity contribution in [3.63, 3.8) is 0 Å². The van der Waals surface area contributed by atoms with Gasteiger partial charge in [-0.15, -0.1) is 0 Å². The van der Waals surface area contributed by atoms with Crippen LogP contribution in [-0.4, -0.2) is 37.2 Å². The second kappa shape index (κ2) is 8.83. The molecule has 1 saturated heterocycles. The van der Waals surface area contributed by atoms with Crippen molar-refractivity contribution in [2.45, 2.75) is 19.4 Å². The summed E-state index contributed by atoms with van der Waals surface area (Å²) in [5.74, 6) is 0.982. The number of hydrogen-bond donors (Lipinski definition) is 1. The Morgan fingerprint density at radius 3 is 2.68 bits per heavy atom. The van der Waals surface area contributed by atoms with Crippen LogP contribution in [0.3, 0.4) is 0 Å². The molecule has 132 valence electrons. The van der Waals surface area contributed by atoms with Gasteiger partial charge < -0.3 is 15.0 Å². The molecule has 0 atom stereocenters. The van der Waals surface area contributed by atoms with Crippen LogP contribution < -0.4 is 10.2 Å². The molecule has 1 aromatic carbocycles. The number of aromatic nitrogens is 1. The molecule has 5 nitrogen and oxygen atoms in total. The summed E-state index contributed by atoms with van der Waals surface area (Å²) >= 11 is 5.87. The highest BCUT2D eigenvalue weighted by Crippen LogP contribution is 2.14. The van der Waals surface area contributed by atoms with Gasteiger partial charge in [0, 0.05) is 37.3 Å². The Balaban J connectivity index is 1.47. The molecule has 0 unspecified atom stereocenters. The van der Waals surface area contributed by atoms with Gasteiger partial charge in [0.25, 0.3) is 0 Å². The van der Waals surface area contributed by atoms with E-state index in [0.717, 1.165) is 43.2 Å². The number of nitrogens with one attached hydrogen (secondary N) is 1. The quantitative estimate of drug-likeness (QED) is 0.861. The molecule has 2 heterocycles. The second-order valence-corrected chi connectivity index (χ2v) is 6.46. The van der Waals surface area contributed by atoms with Crippen LogP contribution >= 0.6 is 11.6 Å². The minimum Gasteiger partial charge on any atom is -0.378 e. The van der Waals surface area contributed by atoms with Crippen LogP contribution in [-0.2, 0) is 22.5 Å². The van der Waals surface area contributed by atoms with Gasteiger partial charge in [-0.05, 0) is 41.8 Å². The van der Waals surface area contributed by atoms with Crippen LogP contribution in [0.25, 0.3) is 0 Å². The lowest BCUT2D eigenvalue weighted by Gasteiger charge is -2.28. The fourth-order valence-electron chi connectivity index (χ4n) is 2.73. The lowest BCUT2D eigenvalue weighted by molar-refractivity contribution is -0.121. The van der Waals surface area contributed by atoms with Gasteiger partial charge in [-0.1, -0.05) is 23.7 Å². The normalized spacial score (nSPS) is 14.4. The molecule has 0 bridgehead atoms. The molecule has 1 aliphatic heterocycles. The standard InChI is InChI=1S/C19H22ClN3O2/c20-17-4-1-15(2-5-17)3-6-19(24)22-14-16-7-8-21-18(13-16)23-9-11-25-12-10-23/h1-2,4-5,7-8,13H,3,6,9-12,14H2,(H,22,24). The predicted molar refractivity (Wildman–Crippen MR) is 98.9 cm³/mol. The smallest absolute Gasteiger partial charge is 0.220 e. The first-order valence-corrected chi connectivity index (χ1v) is 8.87. The Morgan fingerprint density at radius 1 is 1.16 bits per heavy atom. The van der Waals surface area contributed by atoms with Crippen molar-refractivity contribution < 1.29 is 9.53 Å². The van der Waals surface area contributed by atoms with Gasteiger partial charge in [-0.3, -0.25) is 4.79 Å². The second-order valence-electron chi connectivity index (χ2n) is 6.02. The lowest BCUT2D eigenvalue weighted by Crippen LogP contribution is -2.36. The molecule has 2 aromatic rings. The SMILES string of the molecule is O=C(CCc1ccc(Cl)cc1)NCc1ccnc(N2CCOCC2)c1. The molecule has 0 aliphatic carbocycles. The van der Waals surface area contributed by atoms with Gasteiger partial charge in [0.1, 0.15) is 5.82 Å². The van der Waals surface area contributed by atoms with Gasteiger partial charge in [0.15, 0.2) is 0 Å². The molecule has 1 aliphatic rings. The summed E-state index contributed by atoms with van der Waals surface area (Å²) in [5, 5.41) is 3.68. The maximum atomic E-state index is 12.1. The highest BCUT2D eigenvalue weighted by molar-refractivity contribution is 6.30. The molecule has 1 aromatic heterocycles. The molecular formula is C19H22ClN3O2. The Bertz CT molecular complexity index is 700. The van der Waals surface area contributed by atoms with E-state index in [1.54, 1.807) is 6.20 Å². The summed E-state index contributed by atoms with van der Waals surface area (Å²) in [5.41, 5.74) is 2.16. The monoisotopic (exact) mass is 359 g/mol. The van der Waals surface area contributed by atoms with E-state index in [1.807, 2.05) is 36.4 Å². The molecular weight excluding hydrogens is 338 g/mol. The van der Waals surface area contributed by atoms with Crippen LogP contribution in [0.15, 0.2) is 42.6 Å². The summed E-state index contributed by atoms with van der Waals surface area (Å²) in [6.45, 7) is 3.67. The van der Waals surface area contributed by atoms with E-state index in [1.165, 1.54) is 0 Å². The summed E-state index contributed by atoms with van der Waals surface area (Å²) in [6.07, 6.45) is 2.96. The Labute approximate surface area is 153 Å². The highest BCUT2D eigenvalue weighted by Gasteiger charge is 2.12. The number of anilines is 1. The fourth-order valence-corrected chi connectivity index (χ4v) is 2.86.